The minimum atomic E-state index is -0.0955. The molecular formula is C48H102O6. The second kappa shape index (κ2) is 43.9. The number of hydrogen-bond donors (Lipinski definition) is 3. The monoisotopic (exact) mass is 775 g/mol. The highest BCUT2D eigenvalue weighted by molar-refractivity contribution is 4.83. The van der Waals surface area contributed by atoms with E-state index in [4.69, 9.17) is 24.4 Å². The molecule has 3 N–H and O–H groups in total. The molecule has 0 saturated carbocycles. The van der Waals surface area contributed by atoms with E-state index in [0.29, 0.717) is 36.6 Å². The van der Waals surface area contributed by atoms with E-state index >= 15 is 0 Å². The molecule has 0 bridgehead atoms. The Balaban J connectivity index is -0.000000578. The topological polar surface area (TPSA) is 98.3 Å². The third-order valence-corrected chi connectivity index (χ3v) is 10.3. The minimum absolute atomic E-state index is 0.0325. The molecule has 3 aliphatic rings. The van der Waals surface area contributed by atoms with Crippen molar-refractivity contribution in [2.75, 3.05) is 0 Å². The maximum Gasteiger partial charge on any atom is 0.0841 e. The largest absolute Gasteiger partial charge is 0.393 e. The van der Waals surface area contributed by atoms with Crippen molar-refractivity contribution in [3.63, 3.8) is 0 Å². The van der Waals surface area contributed by atoms with Gasteiger partial charge in [0.05, 0.1) is 54.9 Å². The van der Waals surface area contributed by atoms with Crippen molar-refractivity contribution < 1.29 is 29.5 Å². The Morgan fingerprint density at radius 2 is 0.833 bits per heavy atom. The summed E-state index contributed by atoms with van der Waals surface area (Å²) in [4.78, 5) is 0. The molecule has 330 valence electrons. The molecular weight excluding hydrogens is 673 g/mol. The van der Waals surface area contributed by atoms with Crippen LogP contribution in [-0.2, 0) is 14.2 Å². The Morgan fingerprint density at radius 3 is 1.26 bits per heavy atom. The molecule has 54 heavy (non-hydrogen) atoms. The van der Waals surface area contributed by atoms with Crippen LogP contribution in [0.5, 0.6) is 0 Å². The summed E-state index contributed by atoms with van der Waals surface area (Å²) in [5, 5.41) is 27.1. The smallest absolute Gasteiger partial charge is 0.0841 e. The lowest BCUT2D eigenvalue weighted by atomic mass is 10.1. The van der Waals surface area contributed by atoms with Gasteiger partial charge in [0.15, 0.2) is 0 Å². The van der Waals surface area contributed by atoms with Crippen LogP contribution in [0.15, 0.2) is 0 Å². The zero-order valence-corrected chi connectivity index (χ0v) is 38.9. The maximum atomic E-state index is 9.18. The molecule has 6 heteroatoms. The highest BCUT2D eigenvalue weighted by Crippen LogP contribution is 2.30. The van der Waals surface area contributed by atoms with Gasteiger partial charge in [0.2, 0.25) is 0 Å². The molecule has 3 heterocycles. The molecule has 3 saturated heterocycles. The van der Waals surface area contributed by atoms with E-state index in [0.717, 1.165) is 38.5 Å². The number of aliphatic hydroxyl groups is 3. The fourth-order valence-corrected chi connectivity index (χ4v) is 6.20. The van der Waals surface area contributed by atoms with Gasteiger partial charge in [0.25, 0.3) is 0 Å². The van der Waals surface area contributed by atoms with Crippen molar-refractivity contribution in [2.24, 2.45) is 0 Å². The lowest BCUT2D eigenvalue weighted by Gasteiger charge is -2.06. The first-order chi connectivity index (χ1) is 26.0. The van der Waals surface area contributed by atoms with E-state index < -0.39 is 0 Å². The second-order valence-corrected chi connectivity index (χ2v) is 16.3. The molecule has 0 aliphatic carbocycles. The molecule has 0 spiro atoms. The minimum Gasteiger partial charge on any atom is -0.393 e. The van der Waals surface area contributed by atoms with E-state index in [9.17, 15) is 5.11 Å². The van der Waals surface area contributed by atoms with Gasteiger partial charge in [-0.1, -0.05) is 178 Å². The summed E-state index contributed by atoms with van der Waals surface area (Å²) in [6.45, 7) is 25.7. The van der Waals surface area contributed by atoms with E-state index in [1.54, 1.807) is 0 Å². The van der Waals surface area contributed by atoms with Gasteiger partial charge in [-0.3, -0.25) is 0 Å². The summed E-state index contributed by atoms with van der Waals surface area (Å²) < 4.78 is 16.0. The van der Waals surface area contributed by atoms with Crippen molar-refractivity contribution in [3.8, 4) is 0 Å². The van der Waals surface area contributed by atoms with Crippen LogP contribution in [0.4, 0.5) is 0 Å². The predicted octanol–water partition coefficient (Wildman–Crippen LogP) is 14.1. The van der Waals surface area contributed by atoms with E-state index in [2.05, 4.69) is 69.2 Å². The van der Waals surface area contributed by atoms with Crippen LogP contribution >= 0.6 is 0 Å². The number of rotatable bonds is 27. The molecule has 0 aromatic rings. The molecule has 9 unspecified atom stereocenters. The Labute approximate surface area is 340 Å². The van der Waals surface area contributed by atoms with Gasteiger partial charge in [0.1, 0.15) is 0 Å². The van der Waals surface area contributed by atoms with Gasteiger partial charge in [-0.05, 0) is 78.1 Å². The molecule has 9 atom stereocenters. The van der Waals surface area contributed by atoms with Crippen molar-refractivity contribution in [2.45, 2.75) is 311 Å². The third-order valence-electron chi connectivity index (χ3n) is 10.3. The summed E-state index contributed by atoms with van der Waals surface area (Å²) in [7, 11) is 0. The zero-order chi connectivity index (χ0) is 41.4. The van der Waals surface area contributed by atoms with Crippen molar-refractivity contribution >= 4 is 0 Å². The standard InChI is InChI=1S/3C8H16O.3C8H18O/c1-3-4-5-6-8-7(2)9-8;1-3-5-6-8-7(4-2)9-8;1-3-5-7-8(9-7)6-4-2;1-3-4-5-6-7-8(2)9;1-3-5-6-7-8(9)4-2;1-3-5-7-8(9)6-4-2/h3*7-8H,3-6H2,1-2H3;3*8-9H,3-7H2,1-2H3. The number of aliphatic hydroxyl groups excluding tert-OH is 3. The normalized spacial score (nSPS) is 23.2. The van der Waals surface area contributed by atoms with Crippen LogP contribution in [0.3, 0.4) is 0 Å². The van der Waals surface area contributed by atoms with E-state index in [-0.39, 0.29) is 18.3 Å². The van der Waals surface area contributed by atoms with Crippen LogP contribution in [0, 0.1) is 0 Å². The van der Waals surface area contributed by atoms with Gasteiger partial charge >= 0.3 is 0 Å². The summed E-state index contributed by atoms with van der Waals surface area (Å²) in [5.74, 6) is 0. The van der Waals surface area contributed by atoms with Crippen molar-refractivity contribution in [1.82, 2.24) is 0 Å². The van der Waals surface area contributed by atoms with Crippen LogP contribution < -0.4 is 0 Å². The highest BCUT2D eigenvalue weighted by atomic mass is 16.6. The average molecular weight is 775 g/mol. The van der Waals surface area contributed by atoms with Gasteiger partial charge in [-0.25, -0.2) is 0 Å². The Bertz CT molecular complexity index is 657. The first kappa shape index (κ1) is 58.1. The first-order valence-corrected chi connectivity index (χ1v) is 24.0. The predicted molar refractivity (Wildman–Crippen MR) is 237 cm³/mol. The Hall–Kier alpha value is -0.240. The fraction of sp³-hybridized carbons (Fsp3) is 1.00. The van der Waals surface area contributed by atoms with Crippen LogP contribution in [0.2, 0.25) is 0 Å². The van der Waals surface area contributed by atoms with Crippen LogP contribution in [-0.4, -0.2) is 70.3 Å². The quantitative estimate of drug-likeness (QED) is 0.0568. The van der Waals surface area contributed by atoms with Gasteiger partial charge in [0, 0.05) is 0 Å². The van der Waals surface area contributed by atoms with Crippen molar-refractivity contribution in [3.05, 3.63) is 0 Å². The number of epoxide rings is 3. The van der Waals surface area contributed by atoms with Gasteiger partial charge in [-0.15, -0.1) is 0 Å². The molecule has 0 radical (unpaired) electrons. The second-order valence-electron chi connectivity index (χ2n) is 16.3. The number of ether oxygens (including phenoxy) is 3. The van der Waals surface area contributed by atoms with E-state index in [1.165, 1.54) is 135 Å². The summed E-state index contributed by atoms with van der Waals surface area (Å²) in [5.41, 5.74) is 0. The molecule has 3 rings (SSSR count). The Kier molecular flexibility index (Phi) is 47.2. The molecule has 0 amide bonds. The average Bonchev–Trinajstić information content (AvgIpc) is 4.11. The number of hydrogen-bond acceptors (Lipinski definition) is 6. The van der Waals surface area contributed by atoms with Gasteiger partial charge in [-0.2, -0.15) is 0 Å². The summed E-state index contributed by atoms with van der Waals surface area (Å²) in [6.07, 6.45) is 36.1. The van der Waals surface area contributed by atoms with Crippen LogP contribution in [0.1, 0.15) is 256 Å². The lowest BCUT2D eigenvalue weighted by molar-refractivity contribution is 0.150. The van der Waals surface area contributed by atoms with Gasteiger partial charge < -0.3 is 29.5 Å². The third kappa shape index (κ3) is 44.5. The maximum absolute atomic E-state index is 9.18. The zero-order valence-electron chi connectivity index (χ0n) is 38.9. The molecule has 3 fully saturated rings. The summed E-state index contributed by atoms with van der Waals surface area (Å²) >= 11 is 0. The van der Waals surface area contributed by atoms with Crippen LogP contribution in [0.25, 0.3) is 0 Å². The number of unbranched alkanes of at least 4 members (excludes halogenated alkanes) is 9. The molecule has 3 aliphatic heterocycles. The molecule has 6 nitrogen and oxygen atoms in total. The Morgan fingerprint density at radius 1 is 0.389 bits per heavy atom. The lowest BCUT2D eigenvalue weighted by Crippen LogP contribution is -2.04. The first-order valence-electron chi connectivity index (χ1n) is 24.0. The SMILES string of the molecule is CCCC1OC1CCC.CCCCC(O)CCC.CCCCC1OC1CC.CCCCCC(O)CC.CCCCCC1OC1C.CCCCCCC(C)O. The molecule has 0 aromatic heterocycles. The fourth-order valence-electron chi connectivity index (χ4n) is 6.20. The molecule has 0 aromatic carbocycles. The summed E-state index contributed by atoms with van der Waals surface area (Å²) in [6, 6.07) is 0. The van der Waals surface area contributed by atoms with E-state index in [1.807, 2.05) is 13.8 Å². The highest BCUT2D eigenvalue weighted by Gasteiger charge is 2.36. The van der Waals surface area contributed by atoms with Crippen molar-refractivity contribution in [1.29, 1.82) is 0 Å².